The molecule has 0 aliphatic heterocycles. The van der Waals surface area contributed by atoms with E-state index in [0.29, 0.717) is 0 Å². The fraction of sp³-hybridized carbons (Fsp3) is 0.111. The minimum Gasteiger partial charge on any atom is -0.440 e. The molecule has 0 radical (unpaired) electrons. The number of thiocarbonyl (C=S) groups is 1. The Labute approximate surface area is 88.9 Å². The molecule has 0 fully saturated rings. The summed E-state index contributed by atoms with van der Waals surface area (Å²) in [5, 5.41) is 7.07. The molecule has 1 aromatic rings. The second-order valence-electron chi connectivity index (χ2n) is 2.50. The lowest BCUT2D eigenvalue weighted by molar-refractivity contribution is -0.0676. The maximum atomic E-state index is 12.0. The first-order valence-electron chi connectivity index (χ1n) is 3.73. The molecule has 0 aliphatic carbocycles. The Kier molecular flexibility index (Phi) is 3.27. The van der Waals surface area contributed by atoms with Crippen LogP contribution in [-0.4, -0.2) is 11.2 Å². The molecular formula is C9H4F3NOS. The second kappa shape index (κ2) is 4.28. The first-order chi connectivity index (χ1) is 6.95. The summed E-state index contributed by atoms with van der Waals surface area (Å²) in [6.07, 6.45) is -4.70. The van der Waals surface area contributed by atoms with E-state index >= 15 is 0 Å². The lowest BCUT2D eigenvalue weighted by Crippen LogP contribution is -2.26. The molecule has 78 valence electrons. The molecule has 0 atom stereocenters. The van der Waals surface area contributed by atoms with Crippen molar-refractivity contribution < 1.29 is 17.9 Å². The highest BCUT2D eigenvalue weighted by Crippen LogP contribution is 2.23. The van der Waals surface area contributed by atoms with Gasteiger partial charge in [-0.05, 0) is 24.4 Å². The molecule has 0 N–H and O–H groups in total. The highest BCUT2D eigenvalue weighted by molar-refractivity contribution is 7.80. The van der Waals surface area contributed by atoms with Crippen LogP contribution >= 0.6 is 12.2 Å². The predicted octanol–water partition coefficient (Wildman–Crippen LogP) is 2.83. The third kappa shape index (κ3) is 2.92. The van der Waals surface area contributed by atoms with Crippen LogP contribution in [0.3, 0.4) is 0 Å². The maximum absolute atomic E-state index is 12.0. The Morgan fingerprint density at radius 3 is 2.47 bits per heavy atom. The molecule has 0 spiro atoms. The average molecular weight is 231 g/mol. The summed E-state index contributed by atoms with van der Waals surface area (Å²) in [6.45, 7) is 0. The summed E-state index contributed by atoms with van der Waals surface area (Å²) in [5.74, 6) is -0.192. The zero-order valence-electron chi connectivity index (χ0n) is 7.21. The lowest BCUT2D eigenvalue weighted by Gasteiger charge is -2.10. The van der Waals surface area contributed by atoms with Gasteiger partial charge in [-0.2, -0.15) is 18.4 Å². The third-order valence-corrected chi connectivity index (χ3v) is 1.76. The third-order valence-electron chi connectivity index (χ3n) is 1.44. The van der Waals surface area contributed by atoms with E-state index in [1.165, 1.54) is 24.3 Å². The van der Waals surface area contributed by atoms with Gasteiger partial charge in [-0.1, -0.05) is 12.1 Å². The van der Waals surface area contributed by atoms with E-state index in [9.17, 15) is 13.2 Å². The van der Waals surface area contributed by atoms with Crippen molar-refractivity contribution in [3.63, 3.8) is 0 Å². The molecule has 2 nitrogen and oxygen atoms in total. The van der Waals surface area contributed by atoms with Gasteiger partial charge >= 0.3 is 6.18 Å². The van der Waals surface area contributed by atoms with E-state index < -0.39 is 11.2 Å². The average Bonchev–Trinajstić information content (AvgIpc) is 2.17. The Hall–Kier alpha value is -1.61. The zero-order valence-corrected chi connectivity index (χ0v) is 8.02. The van der Waals surface area contributed by atoms with Crippen LogP contribution in [0.5, 0.6) is 5.75 Å². The van der Waals surface area contributed by atoms with Crippen molar-refractivity contribution in [1.29, 1.82) is 5.26 Å². The molecule has 0 bridgehead atoms. The maximum Gasteiger partial charge on any atom is 0.460 e. The van der Waals surface area contributed by atoms with Crippen LogP contribution in [0.25, 0.3) is 0 Å². The van der Waals surface area contributed by atoms with Crippen LogP contribution in [0.15, 0.2) is 24.3 Å². The van der Waals surface area contributed by atoms with Crippen molar-refractivity contribution in [2.75, 3.05) is 0 Å². The van der Waals surface area contributed by atoms with E-state index in [2.05, 4.69) is 17.0 Å². The van der Waals surface area contributed by atoms with Crippen molar-refractivity contribution in [3.8, 4) is 11.8 Å². The molecule has 6 heteroatoms. The summed E-state index contributed by atoms with van der Waals surface area (Å²) in [5.41, 5.74) is 0.00380. The second-order valence-corrected chi connectivity index (χ2v) is 2.87. The van der Waals surface area contributed by atoms with Crippen LogP contribution in [0.1, 0.15) is 5.56 Å². The summed E-state index contributed by atoms with van der Waals surface area (Å²) < 4.78 is 40.4. The number of para-hydroxylation sites is 1. The van der Waals surface area contributed by atoms with E-state index in [1.807, 2.05) is 0 Å². The van der Waals surface area contributed by atoms with Gasteiger partial charge in [0, 0.05) is 0 Å². The molecule has 15 heavy (non-hydrogen) atoms. The van der Waals surface area contributed by atoms with Crippen molar-refractivity contribution >= 4 is 17.3 Å². The largest absolute Gasteiger partial charge is 0.460 e. The summed E-state index contributed by atoms with van der Waals surface area (Å²) in [4.78, 5) is 0. The number of nitrogens with zero attached hydrogens (tertiary/aromatic N) is 1. The molecule has 1 rings (SSSR count). The van der Waals surface area contributed by atoms with E-state index in [0.717, 1.165) is 0 Å². The summed E-state index contributed by atoms with van der Waals surface area (Å²) in [6, 6.07) is 7.26. The fourth-order valence-corrected chi connectivity index (χ4v) is 0.896. The fourth-order valence-electron chi connectivity index (χ4n) is 0.806. The van der Waals surface area contributed by atoms with Crippen LogP contribution < -0.4 is 4.74 Å². The van der Waals surface area contributed by atoms with Crippen LogP contribution in [0, 0.1) is 11.3 Å². The highest BCUT2D eigenvalue weighted by Gasteiger charge is 2.37. The van der Waals surface area contributed by atoms with Gasteiger partial charge in [0.1, 0.15) is 11.8 Å². The minimum absolute atomic E-state index is 0.00380. The number of rotatable bonds is 1. The molecular weight excluding hydrogens is 227 g/mol. The zero-order chi connectivity index (χ0) is 11.5. The number of ether oxygens (including phenoxy) is 1. The molecule has 0 aliphatic rings. The standard InChI is InChI=1S/C9H4F3NOS/c10-9(11,12)8(15)14-7-4-2-1-3-6(7)5-13/h1-4H. The molecule has 0 aromatic heterocycles. The SMILES string of the molecule is N#Cc1ccccc1OC(=S)C(F)(F)F. The number of halogens is 3. The smallest absolute Gasteiger partial charge is 0.440 e. The predicted molar refractivity (Wildman–Crippen MR) is 50.4 cm³/mol. The van der Waals surface area contributed by atoms with Gasteiger partial charge in [0.25, 0.3) is 5.05 Å². The van der Waals surface area contributed by atoms with Gasteiger partial charge in [0.05, 0.1) is 5.56 Å². The van der Waals surface area contributed by atoms with Crippen molar-refractivity contribution in [3.05, 3.63) is 29.8 Å². The first-order valence-corrected chi connectivity index (χ1v) is 4.14. The van der Waals surface area contributed by atoms with Crippen LogP contribution in [-0.2, 0) is 0 Å². The van der Waals surface area contributed by atoms with Gasteiger partial charge in [0.2, 0.25) is 0 Å². The van der Waals surface area contributed by atoms with Crippen molar-refractivity contribution in [2.24, 2.45) is 0 Å². The van der Waals surface area contributed by atoms with E-state index in [1.54, 1.807) is 6.07 Å². The first kappa shape index (κ1) is 11.5. The summed E-state index contributed by atoms with van der Waals surface area (Å²) in [7, 11) is 0. The minimum atomic E-state index is -4.70. The highest BCUT2D eigenvalue weighted by atomic mass is 32.1. The van der Waals surface area contributed by atoms with Gasteiger partial charge in [-0.15, -0.1) is 0 Å². The monoisotopic (exact) mass is 231 g/mol. The molecule has 0 unspecified atom stereocenters. The Morgan fingerprint density at radius 2 is 1.93 bits per heavy atom. The molecule has 0 heterocycles. The van der Waals surface area contributed by atoms with Crippen LogP contribution in [0.4, 0.5) is 13.2 Å². The molecule has 0 saturated heterocycles. The number of nitriles is 1. The topological polar surface area (TPSA) is 33.0 Å². The number of benzene rings is 1. The van der Waals surface area contributed by atoms with Gasteiger partial charge < -0.3 is 4.74 Å². The lowest BCUT2D eigenvalue weighted by atomic mass is 10.2. The van der Waals surface area contributed by atoms with Crippen molar-refractivity contribution in [2.45, 2.75) is 6.18 Å². The number of hydrogen-bond donors (Lipinski definition) is 0. The quantitative estimate of drug-likeness (QED) is 0.697. The van der Waals surface area contributed by atoms with Gasteiger partial charge in [0.15, 0.2) is 0 Å². The van der Waals surface area contributed by atoms with E-state index in [4.69, 9.17) is 5.26 Å². The van der Waals surface area contributed by atoms with E-state index in [-0.39, 0.29) is 11.3 Å². The summed E-state index contributed by atoms with van der Waals surface area (Å²) >= 11 is 4.02. The van der Waals surface area contributed by atoms with Gasteiger partial charge in [-0.25, -0.2) is 0 Å². The Bertz CT molecular complexity index is 422. The van der Waals surface area contributed by atoms with Crippen LogP contribution in [0.2, 0.25) is 0 Å². The number of hydrogen-bond acceptors (Lipinski definition) is 3. The molecule has 0 amide bonds. The Balaban J connectivity index is 2.92. The normalized spacial score (nSPS) is 10.5. The molecule has 0 saturated carbocycles. The molecule has 1 aromatic carbocycles. The van der Waals surface area contributed by atoms with Crippen molar-refractivity contribution in [1.82, 2.24) is 0 Å². The number of alkyl halides is 3. The van der Waals surface area contributed by atoms with Gasteiger partial charge in [-0.3, -0.25) is 0 Å². The Morgan fingerprint density at radius 1 is 1.33 bits per heavy atom.